The van der Waals surface area contributed by atoms with Gasteiger partial charge in [0, 0.05) is 29.3 Å². The summed E-state index contributed by atoms with van der Waals surface area (Å²) in [4.78, 5) is 27.7. The normalized spacial score (nSPS) is 14.1. The molecule has 2 aromatic heterocycles. The number of nitrogens with zero attached hydrogens (tertiary/aromatic N) is 4. The maximum Gasteiger partial charge on any atom is 0.326 e. The Balaban J connectivity index is 1.97. The van der Waals surface area contributed by atoms with E-state index in [2.05, 4.69) is 5.10 Å². The summed E-state index contributed by atoms with van der Waals surface area (Å²) in [6, 6.07) is 12.1. The van der Waals surface area contributed by atoms with Crippen molar-refractivity contribution >= 4 is 34.7 Å². The zero-order valence-corrected chi connectivity index (χ0v) is 18.0. The quantitative estimate of drug-likeness (QED) is 0.439. The molecule has 1 aliphatic heterocycles. The molecule has 0 unspecified atom stereocenters. The van der Waals surface area contributed by atoms with Crippen molar-refractivity contribution in [2.75, 3.05) is 6.54 Å². The minimum Gasteiger partial charge on any atom is -0.858 e. The number of hydrogen-bond acceptors (Lipinski definition) is 4. The fraction of sp³-hybridized carbons (Fsp3) is 0.217. The largest absolute Gasteiger partial charge is 0.858 e. The van der Waals surface area contributed by atoms with Crippen LogP contribution in [0, 0.1) is 0 Å². The first-order valence-electron chi connectivity index (χ1n) is 10.1. The van der Waals surface area contributed by atoms with Crippen LogP contribution in [0.5, 0.6) is 5.88 Å². The second-order valence-electron chi connectivity index (χ2n) is 7.14. The molecule has 0 radical (unpaired) electrons. The van der Waals surface area contributed by atoms with Gasteiger partial charge in [0.05, 0.1) is 11.4 Å². The van der Waals surface area contributed by atoms with Crippen molar-refractivity contribution in [1.29, 1.82) is 0 Å². The van der Waals surface area contributed by atoms with Crippen LogP contribution >= 0.6 is 11.6 Å². The predicted molar refractivity (Wildman–Crippen MR) is 114 cm³/mol. The number of halogens is 1. The SMILES string of the molecule is CCCN1C(=O)C(c2c(CC)nn(-c3ccc(Cl)cc3)c2[O-])=C([n+]2ccccc2)C1=O. The highest BCUT2D eigenvalue weighted by Crippen LogP contribution is 2.37. The molecule has 0 atom stereocenters. The molecule has 4 rings (SSSR count). The lowest BCUT2D eigenvalue weighted by atomic mass is 10.0. The van der Waals surface area contributed by atoms with Crippen molar-refractivity contribution in [1.82, 2.24) is 14.7 Å². The number of amides is 2. The second kappa shape index (κ2) is 8.35. The number of hydrogen-bond donors (Lipinski definition) is 0. The van der Waals surface area contributed by atoms with E-state index >= 15 is 0 Å². The van der Waals surface area contributed by atoms with Crippen molar-refractivity contribution in [2.24, 2.45) is 0 Å². The molecule has 2 amide bonds. The van der Waals surface area contributed by atoms with Gasteiger partial charge < -0.3 is 5.11 Å². The van der Waals surface area contributed by atoms with Crippen molar-refractivity contribution in [2.45, 2.75) is 26.7 Å². The van der Waals surface area contributed by atoms with Crippen LogP contribution in [-0.4, -0.2) is 33.0 Å². The van der Waals surface area contributed by atoms with Crippen LogP contribution in [0.2, 0.25) is 5.02 Å². The topological polar surface area (TPSA) is 82.1 Å². The second-order valence-corrected chi connectivity index (χ2v) is 7.57. The Morgan fingerprint density at radius 1 is 1.03 bits per heavy atom. The molecule has 7 nitrogen and oxygen atoms in total. The zero-order valence-electron chi connectivity index (χ0n) is 17.2. The van der Waals surface area contributed by atoms with Crippen molar-refractivity contribution in [3.05, 3.63) is 71.1 Å². The third kappa shape index (κ3) is 3.51. The van der Waals surface area contributed by atoms with Crippen LogP contribution in [0.1, 0.15) is 31.5 Å². The molecule has 0 saturated heterocycles. The average Bonchev–Trinajstić information content (AvgIpc) is 3.23. The molecule has 158 valence electrons. The van der Waals surface area contributed by atoms with Gasteiger partial charge in [0.15, 0.2) is 12.4 Å². The van der Waals surface area contributed by atoms with Gasteiger partial charge in [-0.05, 0) is 43.0 Å². The van der Waals surface area contributed by atoms with Gasteiger partial charge in [-0.2, -0.15) is 9.67 Å². The number of carbonyl (C=O) groups is 2. The molecule has 0 bridgehead atoms. The Morgan fingerprint density at radius 3 is 2.32 bits per heavy atom. The Labute approximate surface area is 184 Å². The molecule has 0 fully saturated rings. The Morgan fingerprint density at radius 2 is 1.71 bits per heavy atom. The van der Waals surface area contributed by atoms with Gasteiger partial charge in [-0.15, -0.1) is 0 Å². The molecular weight excluding hydrogens is 416 g/mol. The summed E-state index contributed by atoms with van der Waals surface area (Å²) in [5.41, 5.74) is 1.43. The van der Waals surface area contributed by atoms with Crippen molar-refractivity contribution < 1.29 is 19.3 Å². The highest BCUT2D eigenvalue weighted by molar-refractivity contribution is 6.44. The van der Waals surface area contributed by atoms with E-state index in [0.29, 0.717) is 29.2 Å². The summed E-state index contributed by atoms with van der Waals surface area (Å²) in [7, 11) is 0. The number of aryl methyl sites for hydroxylation is 1. The van der Waals surface area contributed by atoms with E-state index in [1.165, 1.54) is 9.58 Å². The van der Waals surface area contributed by atoms with E-state index in [9.17, 15) is 14.7 Å². The van der Waals surface area contributed by atoms with Crippen LogP contribution in [0.4, 0.5) is 0 Å². The van der Waals surface area contributed by atoms with E-state index < -0.39 is 17.7 Å². The van der Waals surface area contributed by atoms with Gasteiger partial charge in [-0.1, -0.05) is 31.5 Å². The van der Waals surface area contributed by atoms with Crippen LogP contribution in [-0.2, 0) is 16.0 Å². The minimum absolute atomic E-state index is 0.0942. The van der Waals surface area contributed by atoms with E-state index in [-0.39, 0.29) is 23.4 Å². The molecule has 1 aromatic carbocycles. The summed E-state index contributed by atoms with van der Waals surface area (Å²) in [5, 5.41) is 18.5. The number of rotatable bonds is 6. The number of benzene rings is 1. The number of imide groups is 1. The zero-order chi connectivity index (χ0) is 22.1. The lowest BCUT2D eigenvalue weighted by Crippen LogP contribution is -2.39. The van der Waals surface area contributed by atoms with Gasteiger partial charge in [0.1, 0.15) is 5.57 Å². The van der Waals surface area contributed by atoms with E-state index in [0.717, 1.165) is 0 Å². The fourth-order valence-electron chi connectivity index (χ4n) is 3.70. The molecule has 3 heterocycles. The van der Waals surface area contributed by atoms with Crippen molar-refractivity contribution in [3.8, 4) is 11.6 Å². The van der Waals surface area contributed by atoms with Gasteiger partial charge in [0.2, 0.25) is 0 Å². The number of carbonyl (C=O) groups excluding carboxylic acids is 2. The molecule has 31 heavy (non-hydrogen) atoms. The minimum atomic E-state index is -0.472. The Hall–Kier alpha value is -3.45. The maximum atomic E-state index is 13.5. The molecule has 0 aliphatic carbocycles. The monoisotopic (exact) mass is 436 g/mol. The first-order chi connectivity index (χ1) is 15.0. The van der Waals surface area contributed by atoms with Gasteiger partial charge >= 0.3 is 5.91 Å². The number of pyridine rings is 1. The van der Waals surface area contributed by atoms with Crippen LogP contribution in [0.3, 0.4) is 0 Å². The lowest BCUT2D eigenvalue weighted by Gasteiger charge is -2.15. The van der Waals surface area contributed by atoms with Gasteiger partial charge in [-0.25, -0.2) is 4.68 Å². The first kappa shape index (κ1) is 20.8. The average molecular weight is 437 g/mol. The highest BCUT2D eigenvalue weighted by Gasteiger charge is 2.46. The predicted octanol–water partition coefficient (Wildman–Crippen LogP) is 2.60. The van der Waals surface area contributed by atoms with Crippen molar-refractivity contribution in [3.63, 3.8) is 0 Å². The first-order valence-corrected chi connectivity index (χ1v) is 10.5. The highest BCUT2D eigenvalue weighted by atomic mass is 35.5. The van der Waals surface area contributed by atoms with E-state index in [1.807, 2.05) is 19.9 Å². The number of aromatic nitrogens is 3. The Bertz CT molecular complexity index is 1180. The molecule has 3 aromatic rings. The fourth-order valence-corrected chi connectivity index (χ4v) is 3.83. The maximum absolute atomic E-state index is 13.5. The third-order valence-corrected chi connectivity index (χ3v) is 5.39. The van der Waals surface area contributed by atoms with E-state index in [1.54, 1.807) is 53.4 Å². The Kier molecular flexibility index (Phi) is 5.61. The van der Waals surface area contributed by atoms with Crippen LogP contribution in [0.25, 0.3) is 17.0 Å². The molecule has 0 saturated carbocycles. The third-order valence-electron chi connectivity index (χ3n) is 5.14. The molecule has 0 N–H and O–H groups in total. The lowest BCUT2D eigenvalue weighted by molar-refractivity contribution is -0.576. The summed E-state index contributed by atoms with van der Waals surface area (Å²) >= 11 is 5.97. The van der Waals surface area contributed by atoms with Gasteiger partial charge in [-0.3, -0.25) is 14.5 Å². The molecule has 8 heteroatoms. The summed E-state index contributed by atoms with van der Waals surface area (Å²) in [6.45, 7) is 4.03. The van der Waals surface area contributed by atoms with Crippen LogP contribution in [0.15, 0.2) is 54.9 Å². The summed E-state index contributed by atoms with van der Waals surface area (Å²) in [6.07, 6.45) is 4.42. The smallest absolute Gasteiger partial charge is 0.326 e. The van der Waals surface area contributed by atoms with E-state index in [4.69, 9.17) is 11.6 Å². The summed E-state index contributed by atoms with van der Waals surface area (Å²) < 4.78 is 2.84. The van der Waals surface area contributed by atoms with Gasteiger partial charge in [0.25, 0.3) is 11.6 Å². The standard InChI is InChI=1S/C23H21ClN4O3/c1-3-12-27-21(29)19(20(23(27)31)26-13-6-5-7-14-26)18-17(4-2)25-28(22(18)30)16-10-8-15(24)9-11-16/h5-11,13-14H,3-4,12H2,1-2H3. The van der Waals surface area contributed by atoms with Crippen LogP contribution < -0.4 is 9.67 Å². The molecule has 0 spiro atoms. The summed E-state index contributed by atoms with van der Waals surface area (Å²) in [5.74, 6) is -1.33. The molecular formula is C23H21ClN4O3. The molecule has 1 aliphatic rings.